The van der Waals surface area contributed by atoms with Crippen molar-refractivity contribution in [1.29, 1.82) is 0 Å². The smallest absolute Gasteiger partial charge is 0.227 e. The monoisotopic (exact) mass is 433 g/mol. The Labute approximate surface area is 177 Å². The van der Waals surface area contributed by atoms with Gasteiger partial charge in [0.15, 0.2) is 21.3 Å². The first-order chi connectivity index (χ1) is 14.3. The van der Waals surface area contributed by atoms with Crippen LogP contribution in [0, 0.1) is 0 Å². The summed E-state index contributed by atoms with van der Waals surface area (Å²) < 4.78 is 39.9. The second kappa shape index (κ2) is 9.38. The minimum absolute atomic E-state index is 0.00532. The second-order valence-electron chi connectivity index (χ2n) is 7.29. The Balaban J connectivity index is 1.83. The van der Waals surface area contributed by atoms with E-state index in [9.17, 15) is 13.2 Å². The van der Waals surface area contributed by atoms with E-state index < -0.39 is 9.84 Å². The molecule has 1 atom stereocenters. The zero-order valence-corrected chi connectivity index (χ0v) is 18.3. The molecular weight excluding hydrogens is 406 g/mol. The number of ether oxygens (including phenoxy) is 3. The van der Waals surface area contributed by atoms with Gasteiger partial charge in [0.2, 0.25) is 5.91 Å². The van der Waals surface area contributed by atoms with Crippen LogP contribution in [0.5, 0.6) is 17.2 Å². The van der Waals surface area contributed by atoms with Crippen molar-refractivity contribution in [3.8, 4) is 17.2 Å². The number of nitrogens with zero attached hydrogens (tertiary/aromatic N) is 1. The Morgan fingerprint density at radius 3 is 2.20 bits per heavy atom. The number of benzene rings is 2. The molecule has 2 aromatic rings. The highest BCUT2D eigenvalue weighted by molar-refractivity contribution is 7.91. The van der Waals surface area contributed by atoms with E-state index in [1.165, 1.54) is 0 Å². The van der Waals surface area contributed by atoms with E-state index in [4.69, 9.17) is 14.2 Å². The zero-order valence-electron chi connectivity index (χ0n) is 17.5. The Bertz CT molecular complexity index is 987. The van der Waals surface area contributed by atoms with Crippen LogP contribution in [0.25, 0.3) is 0 Å². The molecule has 1 amide bonds. The van der Waals surface area contributed by atoms with Crippen molar-refractivity contribution < 1.29 is 27.4 Å². The summed E-state index contributed by atoms with van der Waals surface area (Å²) in [5.41, 5.74) is 1.69. The number of carbonyl (C=O) groups excluding carboxylic acids is 1. The summed E-state index contributed by atoms with van der Waals surface area (Å²) in [5, 5.41) is 0. The minimum atomic E-state index is -3.13. The quantitative estimate of drug-likeness (QED) is 0.636. The molecular formula is C22H27NO6S. The average molecular weight is 434 g/mol. The van der Waals surface area contributed by atoms with E-state index >= 15 is 0 Å². The van der Waals surface area contributed by atoms with Crippen LogP contribution in [-0.2, 0) is 27.6 Å². The SMILES string of the molecule is COc1ccc(CC(=O)N(Cc2ccc(OC)c(OC)c2)C2CCS(=O)(=O)C2)cc1. The molecule has 0 saturated carbocycles. The molecule has 0 radical (unpaired) electrons. The Morgan fingerprint density at radius 1 is 0.967 bits per heavy atom. The Morgan fingerprint density at radius 2 is 1.63 bits per heavy atom. The molecule has 0 aromatic heterocycles. The van der Waals surface area contributed by atoms with Gasteiger partial charge in [0.05, 0.1) is 39.3 Å². The highest BCUT2D eigenvalue weighted by Crippen LogP contribution is 2.29. The lowest BCUT2D eigenvalue weighted by Gasteiger charge is -2.29. The van der Waals surface area contributed by atoms with Crippen LogP contribution in [0.1, 0.15) is 17.5 Å². The van der Waals surface area contributed by atoms with Gasteiger partial charge in [0, 0.05) is 12.6 Å². The lowest BCUT2D eigenvalue weighted by molar-refractivity contribution is -0.133. The lowest BCUT2D eigenvalue weighted by Crippen LogP contribution is -2.41. The van der Waals surface area contributed by atoms with Crippen molar-refractivity contribution in [2.75, 3.05) is 32.8 Å². The summed E-state index contributed by atoms with van der Waals surface area (Å²) >= 11 is 0. The fourth-order valence-electron chi connectivity index (χ4n) is 3.64. The molecule has 162 valence electrons. The maximum Gasteiger partial charge on any atom is 0.227 e. The number of hydrogen-bond acceptors (Lipinski definition) is 6. The van der Waals surface area contributed by atoms with E-state index in [1.807, 2.05) is 24.3 Å². The summed E-state index contributed by atoms with van der Waals surface area (Å²) in [4.78, 5) is 14.9. The Kier molecular flexibility index (Phi) is 6.87. The first-order valence-corrected chi connectivity index (χ1v) is 11.5. The highest BCUT2D eigenvalue weighted by atomic mass is 32.2. The number of methoxy groups -OCH3 is 3. The van der Waals surface area contributed by atoms with Crippen LogP contribution in [0.15, 0.2) is 42.5 Å². The molecule has 1 aliphatic heterocycles. The molecule has 1 unspecified atom stereocenters. The molecule has 8 heteroatoms. The van der Waals surface area contributed by atoms with Gasteiger partial charge in [-0.1, -0.05) is 18.2 Å². The van der Waals surface area contributed by atoms with Crippen LogP contribution in [0.3, 0.4) is 0 Å². The predicted octanol–water partition coefficient (Wildman–Crippen LogP) is 2.47. The third kappa shape index (κ3) is 5.24. The number of carbonyl (C=O) groups is 1. The predicted molar refractivity (Wildman–Crippen MR) is 114 cm³/mol. The largest absolute Gasteiger partial charge is 0.497 e. The molecule has 2 aromatic carbocycles. The molecule has 1 aliphatic rings. The van der Waals surface area contributed by atoms with Gasteiger partial charge >= 0.3 is 0 Å². The van der Waals surface area contributed by atoms with E-state index in [1.54, 1.807) is 44.4 Å². The summed E-state index contributed by atoms with van der Waals surface area (Å²) in [6, 6.07) is 12.4. The number of sulfone groups is 1. The maximum atomic E-state index is 13.2. The standard InChI is InChI=1S/C22H27NO6S/c1-27-19-7-4-16(5-8-19)13-22(24)23(18-10-11-30(25,26)15-18)14-17-6-9-20(28-2)21(12-17)29-3/h4-9,12,18H,10-11,13-15H2,1-3H3. The molecule has 0 N–H and O–H groups in total. The van der Waals surface area contributed by atoms with E-state index in [2.05, 4.69) is 0 Å². The lowest BCUT2D eigenvalue weighted by atomic mass is 10.1. The van der Waals surface area contributed by atoms with E-state index in [-0.39, 0.29) is 29.9 Å². The van der Waals surface area contributed by atoms with E-state index in [0.29, 0.717) is 24.5 Å². The average Bonchev–Trinajstić information content (AvgIpc) is 3.11. The van der Waals surface area contributed by atoms with Crippen molar-refractivity contribution in [3.63, 3.8) is 0 Å². The van der Waals surface area contributed by atoms with Gasteiger partial charge in [-0.2, -0.15) is 0 Å². The molecule has 1 heterocycles. The van der Waals surface area contributed by atoms with Crippen molar-refractivity contribution in [1.82, 2.24) is 4.90 Å². The second-order valence-corrected chi connectivity index (χ2v) is 9.52. The molecule has 3 rings (SSSR count). The molecule has 1 saturated heterocycles. The van der Waals surface area contributed by atoms with Gasteiger partial charge < -0.3 is 19.1 Å². The molecule has 0 spiro atoms. The van der Waals surface area contributed by atoms with Crippen LogP contribution in [-0.4, -0.2) is 58.1 Å². The third-order valence-corrected chi connectivity index (χ3v) is 7.04. The van der Waals surface area contributed by atoms with Crippen LogP contribution >= 0.6 is 0 Å². The Hall–Kier alpha value is -2.74. The van der Waals surface area contributed by atoms with Crippen LogP contribution < -0.4 is 14.2 Å². The first kappa shape index (κ1) is 22.0. The maximum absolute atomic E-state index is 13.2. The van der Waals surface area contributed by atoms with Gasteiger partial charge in [0.1, 0.15) is 5.75 Å². The minimum Gasteiger partial charge on any atom is -0.497 e. The number of amides is 1. The van der Waals surface area contributed by atoms with E-state index in [0.717, 1.165) is 16.9 Å². The fraction of sp³-hybridized carbons (Fsp3) is 0.409. The van der Waals surface area contributed by atoms with Gasteiger partial charge in [-0.15, -0.1) is 0 Å². The summed E-state index contributed by atoms with van der Waals surface area (Å²) in [6.07, 6.45) is 0.637. The zero-order chi connectivity index (χ0) is 21.7. The van der Waals surface area contributed by atoms with Gasteiger partial charge in [-0.3, -0.25) is 4.79 Å². The fourth-order valence-corrected chi connectivity index (χ4v) is 5.37. The van der Waals surface area contributed by atoms with Gasteiger partial charge in [-0.05, 0) is 41.8 Å². The van der Waals surface area contributed by atoms with Crippen molar-refractivity contribution in [2.45, 2.75) is 25.4 Å². The third-order valence-electron chi connectivity index (χ3n) is 5.28. The summed E-state index contributed by atoms with van der Waals surface area (Å²) in [5.74, 6) is 1.87. The van der Waals surface area contributed by atoms with Gasteiger partial charge in [0.25, 0.3) is 0 Å². The molecule has 30 heavy (non-hydrogen) atoms. The highest BCUT2D eigenvalue weighted by Gasteiger charge is 2.34. The molecule has 0 bridgehead atoms. The summed E-state index contributed by atoms with van der Waals surface area (Å²) in [6.45, 7) is 0.301. The first-order valence-electron chi connectivity index (χ1n) is 9.69. The van der Waals surface area contributed by atoms with Crippen molar-refractivity contribution >= 4 is 15.7 Å². The topological polar surface area (TPSA) is 82.1 Å². The molecule has 7 nitrogen and oxygen atoms in total. The van der Waals surface area contributed by atoms with Crippen LogP contribution in [0.2, 0.25) is 0 Å². The van der Waals surface area contributed by atoms with Gasteiger partial charge in [-0.25, -0.2) is 8.42 Å². The van der Waals surface area contributed by atoms with Crippen LogP contribution in [0.4, 0.5) is 0 Å². The normalized spacial score (nSPS) is 17.4. The molecule has 1 fully saturated rings. The molecule has 0 aliphatic carbocycles. The van der Waals surface area contributed by atoms with Crippen molar-refractivity contribution in [2.24, 2.45) is 0 Å². The number of rotatable bonds is 8. The number of hydrogen-bond donors (Lipinski definition) is 0. The summed E-state index contributed by atoms with van der Waals surface area (Å²) in [7, 11) is 1.58. The van der Waals surface area contributed by atoms with Crippen molar-refractivity contribution in [3.05, 3.63) is 53.6 Å².